The zero-order valence-corrected chi connectivity index (χ0v) is 9.80. The Morgan fingerprint density at radius 2 is 1.89 bits per heavy atom. The topological polar surface area (TPSA) is 113 Å². The number of carbonyl (C=O) groups excluding carboxylic acids is 1. The van der Waals surface area contributed by atoms with Crippen LogP contribution in [-0.4, -0.2) is 28.1 Å². The van der Waals surface area contributed by atoms with E-state index in [4.69, 9.17) is 15.9 Å². The number of carboxylic acids is 1. The number of aliphatic hydroxyl groups is 1. The third-order valence-electron chi connectivity index (χ3n) is 2.41. The Morgan fingerprint density at radius 1 is 1.28 bits per heavy atom. The van der Waals surface area contributed by atoms with Gasteiger partial charge in [-0.05, 0) is 24.1 Å². The number of aliphatic carboxylic acids is 1. The highest BCUT2D eigenvalue weighted by Crippen LogP contribution is 2.10. The highest BCUT2D eigenvalue weighted by atomic mass is 16.4. The van der Waals surface area contributed by atoms with Gasteiger partial charge in [-0.3, -0.25) is 9.59 Å². The number of benzene rings is 1. The van der Waals surface area contributed by atoms with Crippen LogP contribution in [0.1, 0.15) is 18.4 Å². The predicted molar refractivity (Wildman–Crippen MR) is 65.8 cm³/mol. The minimum absolute atomic E-state index is 0.0631. The molecule has 0 fully saturated rings. The number of rotatable bonds is 6. The predicted octanol–water partition coefficient (Wildman–Crippen LogP) is 0.309. The van der Waals surface area contributed by atoms with Gasteiger partial charge in [-0.2, -0.15) is 0 Å². The van der Waals surface area contributed by atoms with E-state index < -0.39 is 17.9 Å². The maximum Gasteiger partial charge on any atom is 0.303 e. The van der Waals surface area contributed by atoms with E-state index in [1.807, 2.05) is 0 Å². The van der Waals surface area contributed by atoms with Gasteiger partial charge < -0.3 is 21.3 Å². The van der Waals surface area contributed by atoms with E-state index in [0.717, 1.165) is 5.56 Å². The summed E-state index contributed by atoms with van der Waals surface area (Å²) < 4.78 is 0. The molecule has 0 aliphatic heterocycles. The second-order valence-corrected chi connectivity index (χ2v) is 3.88. The molecule has 0 heterocycles. The molecule has 1 aromatic carbocycles. The number of anilines is 1. The van der Waals surface area contributed by atoms with Gasteiger partial charge >= 0.3 is 5.97 Å². The second kappa shape index (κ2) is 6.73. The lowest BCUT2D eigenvalue weighted by atomic mass is 10.1. The number of aliphatic hydroxyl groups excluding tert-OH is 1. The fraction of sp³-hybridized carbons (Fsp3) is 0.333. The van der Waals surface area contributed by atoms with Crippen molar-refractivity contribution in [3.8, 4) is 0 Å². The SMILES string of the molecule is NC(CCC(=O)O)C(=O)Nc1ccc(CO)cc1. The summed E-state index contributed by atoms with van der Waals surface area (Å²) in [4.78, 5) is 21.9. The van der Waals surface area contributed by atoms with Crippen LogP contribution < -0.4 is 11.1 Å². The fourth-order valence-electron chi connectivity index (χ4n) is 1.34. The van der Waals surface area contributed by atoms with Crippen LogP contribution in [0.15, 0.2) is 24.3 Å². The van der Waals surface area contributed by atoms with E-state index in [2.05, 4.69) is 5.32 Å². The van der Waals surface area contributed by atoms with Gasteiger partial charge in [0.05, 0.1) is 12.6 Å². The van der Waals surface area contributed by atoms with E-state index >= 15 is 0 Å². The maximum absolute atomic E-state index is 11.6. The normalized spacial score (nSPS) is 11.9. The van der Waals surface area contributed by atoms with Crippen molar-refractivity contribution < 1.29 is 19.8 Å². The molecule has 0 saturated carbocycles. The molecule has 1 amide bonds. The summed E-state index contributed by atoms with van der Waals surface area (Å²) in [7, 11) is 0. The Labute approximate surface area is 104 Å². The molecule has 1 unspecified atom stereocenters. The van der Waals surface area contributed by atoms with E-state index in [1.54, 1.807) is 24.3 Å². The summed E-state index contributed by atoms with van der Waals surface area (Å²) in [6, 6.07) is 5.80. The molecule has 0 aliphatic carbocycles. The molecule has 6 nitrogen and oxygen atoms in total. The Bertz CT molecular complexity index is 417. The lowest BCUT2D eigenvalue weighted by Crippen LogP contribution is -2.36. The first-order valence-electron chi connectivity index (χ1n) is 5.51. The standard InChI is InChI=1S/C12H16N2O4/c13-10(5-6-11(16)17)12(18)14-9-3-1-8(7-15)2-4-9/h1-4,10,15H,5-7,13H2,(H,14,18)(H,16,17). The number of hydrogen-bond acceptors (Lipinski definition) is 4. The number of nitrogens with one attached hydrogen (secondary N) is 1. The highest BCUT2D eigenvalue weighted by molar-refractivity contribution is 5.94. The van der Waals surface area contributed by atoms with Gasteiger partial charge in [-0.25, -0.2) is 0 Å². The fourth-order valence-corrected chi connectivity index (χ4v) is 1.34. The van der Waals surface area contributed by atoms with E-state index in [1.165, 1.54) is 0 Å². The van der Waals surface area contributed by atoms with Crippen LogP contribution in [0.25, 0.3) is 0 Å². The van der Waals surface area contributed by atoms with Gasteiger partial charge in [0, 0.05) is 12.1 Å². The van der Waals surface area contributed by atoms with E-state index in [0.29, 0.717) is 5.69 Å². The Kier molecular flexibility index (Phi) is 5.29. The van der Waals surface area contributed by atoms with Crippen molar-refractivity contribution in [1.29, 1.82) is 0 Å². The zero-order valence-electron chi connectivity index (χ0n) is 9.80. The van der Waals surface area contributed by atoms with Crippen molar-refractivity contribution >= 4 is 17.6 Å². The van der Waals surface area contributed by atoms with Crippen LogP contribution in [0.4, 0.5) is 5.69 Å². The Hall–Kier alpha value is -1.92. The maximum atomic E-state index is 11.6. The third kappa shape index (κ3) is 4.52. The average molecular weight is 252 g/mol. The smallest absolute Gasteiger partial charge is 0.303 e. The van der Waals surface area contributed by atoms with Crippen LogP contribution in [-0.2, 0) is 16.2 Å². The van der Waals surface area contributed by atoms with Crippen LogP contribution >= 0.6 is 0 Å². The van der Waals surface area contributed by atoms with Gasteiger partial charge in [0.2, 0.25) is 5.91 Å². The number of nitrogens with two attached hydrogens (primary N) is 1. The van der Waals surface area contributed by atoms with Crippen LogP contribution in [0, 0.1) is 0 Å². The molecule has 0 saturated heterocycles. The third-order valence-corrected chi connectivity index (χ3v) is 2.41. The first kappa shape index (κ1) is 14.1. The van der Waals surface area contributed by atoms with Gasteiger partial charge in [0.1, 0.15) is 0 Å². The number of carboxylic acid groups (broad SMARTS) is 1. The molecule has 0 aromatic heterocycles. The molecule has 6 heteroatoms. The first-order chi connectivity index (χ1) is 8.52. The average Bonchev–Trinajstić information content (AvgIpc) is 2.36. The molecule has 0 bridgehead atoms. The highest BCUT2D eigenvalue weighted by Gasteiger charge is 2.14. The lowest BCUT2D eigenvalue weighted by molar-refractivity contribution is -0.137. The van der Waals surface area contributed by atoms with Crippen molar-refractivity contribution in [2.45, 2.75) is 25.5 Å². The lowest BCUT2D eigenvalue weighted by Gasteiger charge is -2.11. The Balaban J connectivity index is 2.49. The zero-order chi connectivity index (χ0) is 13.5. The number of amides is 1. The van der Waals surface area contributed by atoms with Crippen molar-refractivity contribution in [3.05, 3.63) is 29.8 Å². The summed E-state index contributed by atoms with van der Waals surface area (Å²) in [5, 5.41) is 19.9. The molecule has 5 N–H and O–H groups in total. The van der Waals surface area contributed by atoms with Crippen molar-refractivity contribution in [1.82, 2.24) is 0 Å². The molecule has 0 aliphatic rings. The molecule has 0 radical (unpaired) electrons. The minimum atomic E-state index is -0.981. The molecular formula is C12H16N2O4. The van der Waals surface area contributed by atoms with Gasteiger partial charge in [0.15, 0.2) is 0 Å². The van der Waals surface area contributed by atoms with Crippen molar-refractivity contribution in [2.75, 3.05) is 5.32 Å². The van der Waals surface area contributed by atoms with Crippen molar-refractivity contribution in [2.24, 2.45) is 5.73 Å². The summed E-state index contributed by atoms with van der Waals surface area (Å²) >= 11 is 0. The summed E-state index contributed by atoms with van der Waals surface area (Å²) in [5.74, 6) is -1.40. The minimum Gasteiger partial charge on any atom is -0.481 e. The molecule has 0 spiro atoms. The number of hydrogen-bond donors (Lipinski definition) is 4. The quantitative estimate of drug-likeness (QED) is 0.582. The summed E-state index contributed by atoms with van der Waals surface area (Å²) in [6.07, 6.45) is -0.0477. The number of carbonyl (C=O) groups is 2. The van der Waals surface area contributed by atoms with Crippen LogP contribution in [0.2, 0.25) is 0 Å². The largest absolute Gasteiger partial charge is 0.481 e. The van der Waals surface area contributed by atoms with Crippen LogP contribution in [0.3, 0.4) is 0 Å². The molecule has 1 atom stereocenters. The summed E-state index contributed by atoms with van der Waals surface area (Å²) in [6.45, 7) is -0.0631. The Morgan fingerprint density at radius 3 is 2.39 bits per heavy atom. The van der Waals surface area contributed by atoms with Crippen molar-refractivity contribution in [3.63, 3.8) is 0 Å². The van der Waals surface area contributed by atoms with E-state index in [9.17, 15) is 9.59 Å². The molecular weight excluding hydrogens is 236 g/mol. The molecule has 1 rings (SSSR count). The van der Waals surface area contributed by atoms with Crippen LogP contribution in [0.5, 0.6) is 0 Å². The summed E-state index contributed by atoms with van der Waals surface area (Å²) in [5.41, 5.74) is 6.85. The molecule has 98 valence electrons. The van der Waals surface area contributed by atoms with E-state index in [-0.39, 0.29) is 19.4 Å². The monoisotopic (exact) mass is 252 g/mol. The second-order valence-electron chi connectivity index (χ2n) is 3.88. The van der Waals surface area contributed by atoms with Gasteiger partial charge in [-0.1, -0.05) is 12.1 Å². The van der Waals surface area contributed by atoms with Gasteiger partial charge in [0.25, 0.3) is 0 Å². The first-order valence-corrected chi connectivity index (χ1v) is 5.51. The molecule has 1 aromatic rings. The molecule has 18 heavy (non-hydrogen) atoms. The van der Waals surface area contributed by atoms with Gasteiger partial charge in [-0.15, -0.1) is 0 Å².